The van der Waals surface area contributed by atoms with Gasteiger partial charge in [-0.15, -0.1) is 0 Å². The van der Waals surface area contributed by atoms with Crippen molar-refractivity contribution in [1.82, 2.24) is 0 Å². The molecule has 4 aliphatic rings. The minimum absolute atomic E-state index is 0.469. The highest BCUT2D eigenvalue weighted by Gasteiger charge is 2.47. The van der Waals surface area contributed by atoms with Crippen LogP contribution in [0.1, 0.15) is 11.1 Å². The molecule has 0 aliphatic heterocycles. The molecule has 0 radical (unpaired) electrons. The molecule has 4 aliphatic carbocycles. The van der Waals surface area contributed by atoms with Crippen LogP contribution in [0.25, 0.3) is 16.7 Å². The predicted molar refractivity (Wildman–Crippen MR) is 90.2 cm³/mol. The van der Waals surface area contributed by atoms with Crippen LogP contribution in [-0.2, 0) is 0 Å². The van der Waals surface area contributed by atoms with Crippen LogP contribution in [0.2, 0.25) is 0 Å². The zero-order valence-electron chi connectivity index (χ0n) is 12.1. The fourth-order valence-corrected chi connectivity index (χ4v) is 4.88. The average Bonchev–Trinajstić information content (AvgIpc) is 3.19. The van der Waals surface area contributed by atoms with Crippen molar-refractivity contribution in [2.24, 2.45) is 11.8 Å². The van der Waals surface area contributed by atoms with E-state index in [4.69, 9.17) is 0 Å². The van der Waals surface area contributed by atoms with E-state index in [1.54, 1.807) is 16.7 Å². The van der Waals surface area contributed by atoms with E-state index in [9.17, 15) is 0 Å². The molecule has 0 aromatic heterocycles. The summed E-state index contributed by atoms with van der Waals surface area (Å²) in [5, 5.41) is 2.92. The second-order valence-electron chi connectivity index (χ2n) is 6.48. The van der Waals surface area contributed by atoms with Crippen molar-refractivity contribution in [3.8, 4) is 0 Å². The molecule has 0 heterocycles. The van der Waals surface area contributed by atoms with Crippen molar-refractivity contribution in [3.05, 3.63) is 100.0 Å². The number of hydrogen-bond acceptors (Lipinski definition) is 0. The SMILES string of the molecule is C1=CC2=C3c4ccccc4C4=c5ccccc5=C(C2C=C1)C34. The van der Waals surface area contributed by atoms with Crippen molar-refractivity contribution in [1.29, 1.82) is 0 Å². The fraction of sp³-hybridized carbons (Fsp3) is 0.0909. The summed E-state index contributed by atoms with van der Waals surface area (Å²) in [6, 6.07) is 17.9. The first-order valence-corrected chi connectivity index (χ1v) is 7.97. The van der Waals surface area contributed by atoms with Crippen molar-refractivity contribution < 1.29 is 0 Å². The molecular weight excluding hydrogens is 264 g/mol. The van der Waals surface area contributed by atoms with Gasteiger partial charge in [0.25, 0.3) is 0 Å². The maximum absolute atomic E-state index is 2.37. The molecule has 0 saturated heterocycles. The van der Waals surface area contributed by atoms with Crippen molar-refractivity contribution in [2.75, 3.05) is 0 Å². The Morgan fingerprint density at radius 1 is 0.682 bits per heavy atom. The van der Waals surface area contributed by atoms with Gasteiger partial charge in [0, 0.05) is 11.8 Å². The molecule has 2 atom stereocenters. The van der Waals surface area contributed by atoms with Gasteiger partial charge in [0.1, 0.15) is 0 Å². The van der Waals surface area contributed by atoms with Gasteiger partial charge in [-0.2, -0.15) is 0 Å². The third-order valence-corrected chi connectivity index (χ3v) is 5.60. The summed E-state index contributed by atoms with van der Waals surface area (Å²) in [5.41, 5.74) is 9.11. The Kier molecular flexibility index (Phi) is 1.80. The van der Waals surface area contributed by atoms with E-state index in [2.05, 4.69) is 72.8 Å². The van der Waals surface area contributed by atoms with E-state index >= 15 is 0 Å². The molecule has 0 spiro atoms. The van der Waals surface area contributed by atoms with Gasteiger partial charge in [0.2, 0.25) is 0 Å². The Labute approximate surface area is 129 Å². The van der Waals surface area contributed by atoms with Crippen molar-refractivity contribution >= 4 is 16.7 Å². The van der Waals surface area contributed by atoms with Crippen LogP contribution in [0.4, 0.5) is 0 Å². The Hall–Kier alpha value is -2.60. The summed E-state index contributed by atoms with van der Waals surface area (Å²) < 4.78 is 0. The molecule has 0 fully saturated rings. The van der Waals surface area contributed by atoms with Crippen LogP contribution in [0.5, 0.6) is 0 Å². The highest BCUT2D eigenvalue weighted by Crippen LogP contribution is 2.59. The number of fused-ring (bicyclic) bond motifs is 6. The smallest absolute Gasteiger partial charge is 0.0338 e. The molecule has 2 aromatic carbocycles. The molecule has 0 nitrogen and oxygen atoms in total. The van der Waals surface area contributed by atoms with Gasteiger partial charge in [-0.25, -0.2) is 0 Å². The molecule has 102 valence electrons. The van der Waals surface area contributed by atoms with E-state index in [1.807, 2.05) is 0 Å². The van der Waals surface area contributed by atoms with Crippen LogP contribution in [-0.4, -0.2) is 0 Å². The largest absolute Gasteiger partial charge is 0.0729 e. The quantitative estimate of drug-likeness (QED) is 0.694. The van der Waals surface area contributed by atoms with Gasteiger partial charge in [-0.3, -0.25) is 0 Å². The molecule has 0 saturated carbocycles. The molecule has 0 heteroatoms. The van der Waals surface area contributed by atoms with Gasteiger partial charge < -0.3 is 0 Å². The standard InChI is InChI=1S/C22H14/c1-2-8-14-13(7-1)19-15-9-3-4-10-16(15)21-18-12-6-5-11-17(18)20(14)22(19)21/h1-13,22H. The van der Waals surface area contributed by atoms with Crippen molar-refractivity contribution in [2.45, 2.75) is 0 Å². The number of benzene rings is 2. The number of allylic oxidation sites excluding steroid dienone is 6. The number of rotatable bonds is 0. The Morgan fingerprint density at radius 2 is 1.41 bits per heavy atom. The Bertz CT molecular complexity index is 1070. The zero-order chi connectivity index (χ0) is 14.3. The molecule has 6 rings (SSSR count). The van der Waals surface area contributed by atoms with E-state index in [-0.39, 0.29) is 0 Å². The van der Waals surface area contributed by atoms with Crippen LogP contribution >= 0.6 is 0 Å². The Morgan fingerprint density at radius 3 is 2.27 bits per heavy atom. The first-order chi connectivity index (χ1) is 10.9. The van der Waals surface area contributed by atoms with E-state index in [0.717, 1.165) is 0 Å². The van der Waals surface area contributed by atoms with Gasteiger partial charge in [-0.05, 0) is 43.9 Å². The highest BCUT2D eigenvalue weighted by molar-refractivity contribution is 6.08. The van der Waals surface area contributed by atoms with Crippen molar-refractivity contribution in [3.63, 3.8) is 0 Å². The van der Waals surface area contributed by atoms with Gasteiger partial charge >= 0.3 is 0 Å². The maximum Gasteiger partial charge on any atom is 0.0338 e. The third-order valence-electron chi connectivity index (χ3n) is 5.60. The monoisotopic (exact) mass is 278 g/mol. The lowest BCUT2D eigenvalue weighted by Gasteiger charge is -2.14. The van der Waals surface area contributed by atoms with E-state index in [0.29, 0.717) is 11.8 Å². The van der Waals surface area contributed by atoms with Crippen LogP contribution in [0.15, 0.2) is 78.4 Å². The topological polar surface area (TPSA) is 0 Å². The molecular formula is C22H14. The lowest BCUT2D eigenvalue weighted by molar-refractivity contribution is 1.01. The first kappa shape index (κ1) is 11.0. The van der Waals surface area contributed by atoms with E-state index in [1.165, 1.54) is 27.1 Å². The van der Waals surface area contributed by atoms with Crippen LogP contribution < -0.4 is 10.4 Å². The summed E-state index contributed by atoms with van der Waals surface area (Å²) in [6.07, 6.45) is 9.09. The molecule has 0 amide bonds. The highest BCUT2D eigenvalue weighted by atomic mass is 14.5. The normalized spacial score (nSPS) is 25.5. The van der Waals surface area contributed by atoms with Gasteiger partial charge in [0.05, 0.1) is 0 Å². The minimum atomic E-state index is 0.469. The summed E-state index contributed by atoms with van der Waals surface area (Å²) in [5.74, 6) is 0.958. The molecule has 22 heavy (non-hydrogen) atoms. The zero-order valence-corrected chi connectivity index (χ0v) is 12.1. The third kappa shape index (κ3) is 1.06. The Balaban J connectivity index is 1.90. The summed E-state index contributed by atoms with van der Waals surface area (Å²) in [4.78, 5) is 0. The minimum Gasteiger partial charge on any atom is -0.0729 e. The summed E-state index contributed by atoms with van der Waals surface area (Å²) >= 11 is 0. The molecule has 0 N–H and O–H groups in total. The molecule has 0 bridgehead atoms. The average molecular weight is 278 g/mol. The van der Waals surface area contributed by atoms with Crippen LogP contribution in [0.3, 0.4) is 0 Å². The lowest BCUT2D eigenvalue weighted by Crippen LogP contribution is -2.25. The maximum atomic E-state index is 2.37. The fourth-order valence-electron chi connectivity index (χ4n) is 4.88. The molecule has 2 unspecified atom stereocenters. The number of hydrogen-bond donors (Lipinski definition) is 0. The van der Waals surface area contributed by atoms with Crippen LogP contribution in [0, 0.1) is 11.8 Å². The molecule has 2 aromatic rings. The first-order valence-electron chi connectivity index (χ1n) is 7.97. The lowest BCUT2D eigenvalue weighted by atomic mass is 9.88. The summed E-state index contributed by atoms with van der Waals surface area (Å²) in [7, 11) is 0. The van der Waals surface area contributed by atoms with Gasteiger partial charge in [-0.1, -0.05) is 72.8 Å². The summed E-state index contributed by atoms with van der Waals surface area (Å²) in [6.45, 7) is 0. The second kappa shape index (κ2) is 3.59. The van der Waals surface area contributed by atoms with Gasteiger partial charge in [0.15, 0.2) is 0 Å². The second-order valence-corrected chi connectivity index (χ2v) is 6.48. The predicted octanol–water partition coefficient (Wildman–Crippen LogP) is 3.19. The van der Waals surface area contributed by atoms with E-state index < -0.39 is 0 Å².